The van der Waals surface area contributed by atoms with Crippen molar-refractivity contribution >= 4 is 113 Å². The van der Waals surface area contributed by atoms with Gasteiger partial charge < -0.3 is 142 Å². The number of benzene rings is 2. The van der Waals surface area contributed by atoms with Crippen molar-refractivity contribution in [1.29, 1.82) is 0 Å². The zero-order valence-corrected chi connectivity index (χ0v) is 63.8. The molecule has 29 N–H and O–H groups in total. The Morgan fingerprint density at radius 1 is 0.414 bits per heavy atom. The number of carbonyl (C=O) groups is 17. The Kier molecular flexibility index (Phi) is 40.2. The molecular formula is C69H98N20O26S. The van der Waals surface area contributed by atoms with Gasteiger partial charge in [0.15, 0.2) is 0 Å². The normalized spacial score (nSPS) is 14.9. The smallest absolute Gasteiger partial charge is 0.322 e. The van der Waals surface area contributed by atoms with Gasteiger partial charge in [-0.3, -0.25) is 81.5 Å². The third-order valence-corrected chi connectivity index (χ3v) is 17.4. The van der Waals surface area contributed by atoms with Crippen molar-refractivity contribution in [3.05, 3.63) is 96.1 Å². The Hall–Kier alpha value is -12.4. The number of carboxylic acids is 3. The Balaban J connectivity index is 1.59. The number of carbonyl (C=O) groups excluding carboxylic acids is 14. The molecule has 14 amide bonds. The number of H-pyrrole nitrogens is 2. The highest BCUT2D eigenvalue weighted by molar-refractivity contribution is 7.80. The first-order valence-corrected chi connectivity index (χ1v) is 36.5. The number of phenolic OH excluding ortho intramolecular Hbond substituents is 2. The van der Waals surface area contributed by atoms with Crippen molar-refractivity contribution < 1.29 is 127 Å². The van der Waals surface area contributed by atoms with Crippen LogP contribution < -0.4 is 85.9 Å². The van der Waals surface area contributed by atoms with Crippen LogP contribution in [0.5, 0.6) is 11.5 Å². The molecule has 0 fully saturated rings. The van der Waals surface area contributed by atoms with Gasteiger partial charge in [-0.05, 0) is 88.4 Å². The van der Waals surface area contributed by atoms with E-state index in [4.69, 9.17) is 16.6 Å². The summed E-state index contributed by atoms with van der Waals surface area (Å²) >= 11 is 4.15. The predicted octanol–water partition coefficient (Wildman–Crippen LogP) is -10.6. The molecule has 2 heterocycles. The second-order valence-electron chi connectivity index (χ2n) is 26.3. The Bertz CT molecular complexity index is 4010. The molecule has 636 valence electrons. The van der Waals surface area contributed by atoms with Crippen LogP contribution in [0.15, 0.2) is 73.6 Å². The molecule has 116 heavy (non-hydrogen) atoms. The Labute approximate surface area is 665 Å². The SMILES string of the molecule is C[C@H](NC(=O)CN)C(=O)N[C@H](C(=O)N[C@@H](CO)C(=O)N[C@@H](Cc1cnc[nH]1)C(=O)N[C@@H](CCCCN)C(=O)N[C@@H](CCC(=O)O)C(=O)N[C@@H](Cc1cnc[nH]1)C(=O)N[C@@H](CO)C(=O)N[C@@H](Cc1ccc(O)cc1)C(=O)N[C@@H](CS)C(=O)N[C@@H](CC(=O)O)C(=O)N[C@H](C(=O)N[C@@H](Cc1ccc(O)cc1)C(=O)NCC(=O)O)[C@@H](C)O)[C@@H](C)O. The van der Waals surface area contributed by atoms with E-state index in [2.05, 4.69) is 107 Å². The van der Waals surface area contributed by atoms with Gasteiger partial charge in [0.2, 0.25) is 82.7 Å². The van der Waals surface area contributed by atoms with Gasteiger partial charge in [-0.2, -0.15) is 12.6 Å². The summed E-state index contributed by atoms with van der Waals surface area (Å²) in [5, 5.41) is 123. The number of imidazole rings is 2. The third-order valence-electron chi connectivity index (χ3n) is 17.1. The maximum Gasteiger partial charge on any atom is 0.322 e. The molecule has 0 saturated carbocycles. The van der Waals surface area contributed by atoms with Crippen molar-refractivity contribution in [3.8, 4) is 11.5 Å². The highest BCUT2D eigenvalue weighted by atomic mass is 32.1. The van der Waals surface area contributed by atoms with Crippen LogP contribution in [-0.4, -0.2) is 296 Å². The number of hydrogen-bond acceptors (Lipinski definition) is 28. The third kappa shape index (κ3) is 32.9. The molecule has 0 saturated heterocycles. The van der Waals surface area contributed by atoms with Crippen LogP contribution in [0.4, 0.5) is 0 Å². The Morgan fingerprint density at radius 3 is 1.17 bits per heavy atom. The number of carboxylic acid groups (broad SMARTS) is 3. The summed E-state index contributed by atoms with van der Waals surface area (Å²) in [6, 6.07) is -13.2. The standard InChI is InChI=1S/C69H98N20O26S/c1-32(77-51(96)23-71)57(103)88-55(33(2)92)69(115)86-49(28-91)66(112)82-45(20-37-24-72-30-75-37)62(108)78-41(6-4-5-17-70)59(105)79-42(15-16-52(97)98)60(106)81-46(21-38-25-73-31-76-38)63(109)85-48(27-90)65(111)80-44(19-36-9-13-40(95)14-10-36)61(107)87-50(29-116)67(113)83-47(22-53(99)100)64(110)89-56(34(3)93)68(114)84-43(58(104)74-26-54(101)102)18-35-7-11-39(94)12-8-35/h7-14,24-25,30-34,41-50,55-56,90-95,116H,4-6,15-23,26-29,70-71H2,1-3H3,(H,72,75)(H,73,76)(H,74,104)(H,77,96)(H,78,108)(H,79,105)(H,80,111)(H,81,106)(H,82,112)(H,83,113)(H,84,114)(H,85,109)(H,86,115)(H,87,107)(H,88,103)(H,89,110)(H,97,98)(H,99,100)(H,101,102)/t32-,33+,34+,41-,42-,43-,44-,45-,46-,47-,48-,49-,50-,55-,56-/m0/s1. The first-order chi connectivity index (χ1) is 54.9. The number of nitrogens with two attached hydrogens (primary N) is 2. The van der Waals surface area contributed by atoms with Crippen LogP contribution in [0.2, 0.25) is 0 Å². The lowest BCUT2D eigenvalue weighted by atomic mass is 10.0. The molecular weight excluding hydrogens is 1560 g/mol. The number of aliphatic carboxylic acids is 3. The minimum Gasteiger partial charge on any atom is -0.508 e. The van der Waals surface area contributed by atoms with Crippen molar-refractivity contribution in [2.75, 3.05) is 38.6 Å². The molecule has 0 bridgehead atoms. The monoisotopic (exact) mass is 1650 g/mol. The van der Waals surface area contributed by atoms with Crippen LogP contribution in [-0.2, 0) is 107 Å². The molecule has 0 spiro atoms. The molecule has 0 aliphatic carbocycles. The second-order valence-corrected chi connectivity index (χ2v) is 26.7. The van der Waals surface area contributed by atoms with Crippen LogP contribution in [0.1, 0.15) is 81.8 Å². The number of nitrogens with one attached hydrogen (secondary N) is 16. The number of rotatable bonds is 51. The van der Waals surface area contributed by atoms with E-state index in [-0.39, 0.29) is 60.7 Å². The molecule has 4 aromatic rings. The van der Waals surface area contributed by atoms with Gasteiger partial charge in [0.05, 0.1) is 51.0 Å². The van der Waals surface area contributed by atoms with Gasteiger partial charge in [0.25, 0.3) is 0 Å². The molecule has 0 unspecified atom stereocenters. The zero-order chi connectivity index (χ0) is 86.5. The summed E-state index contributed by atoms with van der Waals surface area (Å²) in [6.45, 7) is -0.333. The van der Waals surface area contributed by atoms with Crippen molar-refractivity contribution in [2.24, 2.45) is 11.5 Å². The number of aromatic nitrogens is 4. The van der Waals surface area contributed by atoms with E-state index < -0.39 is 262 Å². The molecule has 47 heteroatoms. The number of nitrogens with zero attached hydrogens (tertiary/aromatic N) is 2. The van der Waals surface area contributed by atoms with Crippen LogP contribution >= 0.6 is 12.6 Å². The summed E-state index contributed by atoms with van der Waals surface area (Å²) in [5.41, 5.74) is 11.9. The average Bonchev–Trinajstić information content (AvgIpc) is 1.05. The molecule has 0 aliphatic heterocycles. The first kappa shape index (κ1) is 95.9. The summed E-state index contributed by atoms with van der Waals surface area (Å²) in [4.78, 5) is 242. The fraction of sp³-hybridized carbons (Fsp3) is 0.493. The fourth-order valence-electron chi connectivity index (χ4n) is 10.8. The highest BCUT2D eigenvalue weighted by Crippen LogP contribution is 2.16. The number of aliphatic hydroxyl groups is 4. The number of thiol groups is 1. The number of aliphatic hydroxyl groups excluding tert-OH is 4. The number of aromatic amines is 2. The summed E-state index contributed by atoms with van der Waals surface area (Å²) in [5.74, 6) is -22.2. The number of aromatic hydroxyl groups is 2. The molecule has 4 rings (SSSR count). The summed E-state index contributed by atoms with van der Waals surface area (Å²) < 4.78 is 0. The molecule has 2 aromatic heterocycles. The minimum absolute atomic E-state index is 0.0710. The quantitative estimate of drug-likeness (QED) is 0.0144. The van der Waals surface area contributed by atoms with E-state index in [1.54, 1.807) is 0 Å². The van der Waals surface area contributed by atoms with E-state index in [0.717, 1.165) is 13.8 Å². The molecule has 46 nitrogen and oxygen atoms in total. The molecule has 2 aromatic carbocycles. The van der Waals surface area contributed by atoms with Gasteiger partial charge in [-0.25, -0.2) is 9.97 Å². The van der Waals surface area contributed by atoms with Gasteiger partial charge in [0.1, 0.15) is 96.6 Å². The van der Waals surface area contributed by atoms with Gasteiger partial charge in [0, 0.05) is 61.6 Å². The van der Waals surface area contributed by atoms with E-state index in [1.807, 2.05) is 0 Å². The fourth-order valence-corrected chi connectivity index (χ4v) is 11.0. The molecule has 0 aliphatic rings. The lowest BCUT2D eigenvalue weighted by molar-refractivity contribution is -0.142. The summed E-state index contributed by atoms with van der Waals surface area (Å²) in [6.07, 6.45) is -2.97. The van der Waals surface area contributed by atoms with Crippen LogP contribution in [0.25, 0.3) is 0 Å². The van der Waals surface area contributed by atoms with Crippen LogP contribution in [0.3, 0.4) is 0 Å². The van der Waals surface area contributed by atoms with Crippen LogP contribution in [0, 0.1) is 0 Å². The maximum atomic E-state index is 14.5. The van der Waals surface area contributed by atoms with Gasteiger partial charge in [-0.1, -0.05) is 24.3 Å². The van der Waals surface area contributed by atoms with E-state index in [0.29, 0.717) is 5.56 Å². The lowest BCUT2D eigenvalue weighted by Gasteiger charge is -2.28. The van der Waals surface area contributed by atoms with Crippen molar-refractivity contribution in [1.82, 2.24) is 94.4 Å². The Morgan fingerprint density at radius 2 is 0.776 bits per heavy atom. The van der Waals surface area contributed by atoms with Gasteiger partial charge in [-0.15, -0.1) is 0 Å². The minimum atomic E-state index is -2.12. The van der Waals surface area contributed by atoms with E-state index >= 15 is 0 Å². The van der Waals surface area contributed by atoms with Crippen molar-refractivity contribution in [2.45, 2.75) is 176 Å². The largest absolute Gasteiger partial charge is 0.508 e. The zero-order valence-electron chi connectivity index (χ0n) is 62.9. The predicted molar refractivity (Wildman–Crippen MR) is 402 cm³/mol. The second kappa shape index (κ2) is 48.6. The van der Waals surface area contributed by atoms with Gasteiger partial charge >= 0.3 is 17.9 Å². The first-order valence-electron chi connectivity index (χ1n) is 35.9. The number of unbranched alkanes of at least 4 members (excludes halogenated alkanes) is 1. The number of amides is 14. The highest BCUT2D eigenvalue weighted by Gasteiger charge is 2.39. The molecule has 15 atom stereocenters. The topological polar surface area (TPSA) is 750 Å². The average molecular weight is 1660 g/mol. The van der Waals surface area contributed by atoms with Crippen molar-refractivity contribution in [3.63, 3.8) is 0 Å². The van der Waals surface area contributed by atoms with E-state index in [9.17, 15) is 122 Å². The number of phenols is 2. The summed E-state index contributed by atoms with van der Waals surface area (Å²) in [7, 11) is 0. The lowest BCUT2D eigenvalue weighted by Crippen LogP contribution is -2.62. The van der Waals surface area contributed by atoms with E-state index in [1.165, 1.54) is 80.5 Å². The maximum absolute atomic E-state index is 14.5. The molecule has 0 radical (unpaired) electrons. The number of hydrogen-bond donors (Lipinski definition) is 28.